The van der Waals surface area contributed by atoms with Crippen molar-refractivity contribution >= 4 is 11.8 Å². The molecule has 0 aliphatic carbocycles. The van der Waals surface area contributed by atoms with Gasteiger partial charge in [0.25, 0.3) is 0 Å². The first-order valence-corrected chi connectivity index (χ1v) is 4.72. The second-order valence-electron chi connectivity index (χ2n) is 3.13. The standard InChI is InChI=1S/C10H10FN5O/c11-6-3-1-2-4-7(6)17-9-5-8(16-13)14-10(12)15-9/h1-5H,13H2,(H3,12,14,15,16). The van der Waals surface area contributed by atoms with Gasteiger partial charge < -0.3 is 15.9 Å². The van der Waals surface area contributed by atoms with E-state index >= 15 is 0 Å². The van der Waals surface area contributed by atoms with Gasteiger partial charge in [-0.1, -0.05) is 12.1 Å². The lowest BCUT2D eigenvalue weighted by Crippen LogP contribution is -2.10. The van der Waals surface area contributed by atoms with Crippen LogP contribution in [-0.2, 0) is 0 Å². The van der Waals surface area contributed by atoms with E-state index in [0.717, 1.165) is 0 Å². The van der Waals surface area contributed by atoms with Crippen molar-refractivity contribution in [2.75, 3.05) is 11.2 Å². The van der Waals surface area contributed by atoms with Crippen molar-refractivity contribution < 1.29 is 9.13 Å². The lowest BCUT2D eigenvalue weighted by atomic mass is 10.3. The minimum Gasteiger partial charge on any atom is -0.436 e. The lowest BCUT2D eigenvalue weighted by Gasteiger charge is -2.07. The van der Waals surface area contributed by atoms with Crippen LogP contribution in [0.5, 0.6) is 11.6 Å². The van der Waals surface area contributed by atoms with Gasteiger partial charge in [0, 0.05) is 6.07 Å². The molecule has 88 valence electrons. The van der Waals surface area contributed by atoms with Crippen LogP contribution in [0.2, 0.25) is 0 Å². The smallest absolute Gasteiger partial charge is 0.226 e. The van der Waals surface area contributed by atoms with Gasteiger partial charge in [-0.05, 0) is 12.1 Å². The highest BCUT2D eigenvalue weighted by Crippen LogP contribution is 2.24. The number of para-hydroxylation sites is 1. The zero-order valence-corrected chi connectivity index (χ0v) is 8.72. The topological polar surface area (TPSA) is 99.1 Å². The number of nitrogens with two attached hydrogens (primary N) is 2. The van der Waals surface area contributed by atoms with Gasteiger partial charge in [0.05, 0.1) is 0 Å². The first-order chi connectivity index (χ1) is 8.19. The third kappa shape index (κ3) is 2.58. The van der Waals surface area contributed by atoms with Crippen LogP contribution >= 0.6 is 0 Å². The summed E-state index contributed by atoms with van der Waals surface area (Å²) in [5.74, 6) is 5.11. The van der Waals surface area contributed by atoms with Crippen LogP contribution in [0.15, 0.2) is 30.3 Å². The maximum absolute atomic E-state index is 13.3. The summed E-state index contributed by atoms with van der Waals surface area (Å²) in [6.07, 6.45) is 0. The Labute approximate surface area is 96.4 Å². The normalized spacial score (nSPS) is 10.0. The summed E-state index contributed by atoms with van der Waals surface area (Å²) >= 11 is 0. The van der Waals surface area contributed by atoms with Gasteiger partial charge >= 0.3 is 0 Å². The van der Waals surface area contributed by atoms with Crippen LogP contribution in [0.1, 0.15) is 0 Å². The predicted molar refractivity (Wildman–Crippen MR) is 60.7 cm³/mol. The molecule has 0 spiro atoms. The molecule has 0 aliphatic rings. The number of ether oxygens (including phenoxy) is 1. The summed E-state index contributed by atoms with van der Waals surface area (Å²) in [6.45, 7) is 0. The first kappa shape index (κ1) is 11.1. The molecule has 2 rings (SSSR count). The fraction of sp³-hybridized carbons (Fsp3) is 0. The number of nitrogen functional groups attached to an aromatic ring is 2. The van der Waals surface area contributed by atoms with Gasteiger partial charge in [0.15, 0.2) is 11.6 Å². The molecule has 1 aromatic heterocycles. The Morgan fingerprint density at radius 1 is 1.24 bits per heavy atom. The van der Waals surface area contributed by atoms with Gasteiger partial charge in [-0.2, -0.15) is 9.97 Å². The number of benzene rings is 1. The summed E-state index contributed by atoms with van der Waals surface area (Å²) in [5.41, 5.74) is 7.74. The third-order valence-electron chi connectivity index (χ3n) is 1.92. The minimum absolute atomic E-state index is 0.0215. The van der Waals surface area contributed by atoms with Crippen LogP contribution in [-0.4, -0.2) is 9.97 Å². The number of halogens is 1. The fourth-order valence-corrected chi connectivity index (χ4v) is 1.21. The van der Waals surface area contributed by atoms with E-state index in [1.54, 1.807) is 12.1 Å². The maximum atomic E-state index is 13.3. The molecule has 0 saturated carbocycles. The molecule has 7 heteroatoms. The van der Waals surface area contributed by atoms with E-state index in [9.17, 15) is 4.39 Å². The highest BCUT2D eigenvalue weighted by atomic mass is 19.1. The zero-order chi connectivity index (χ0) is 12.3. The average molecular weight is 235 g/mol. The minimum atomic E-state index is -0.494. The van der Waals surface area contributed by atoms with Gasteiger partial charge in [0.2, 0.25) is 11.8 Å². The Kier molecular flexibility index (Phi) is 3.01. The average Bonchev–Trinajstić information content (AvgIpc) is 2.31. The van der Waals surface area contributed by atoms with E-state index in [1.807, 2.05) is 0 Å². The molecular weight excluding hydrogens is 225 g/mol. The van der Waals surface area contributed by atoms with E-state index in [1.165, 1.54) is 18.2 Å². The number of hydrazine groups is 1. The van der Waals surface area contributed by atoms with Crippen molar-refractivity contribution in [1.29, 1.82) is 0 Å². The SMILES string of the molecule is NNc1cc(Oc2ccccc2F)nc(N)n1. The number of hydrogen-bond donors (Lipinski definition) is 3. The van der Waals surface area contributed by atoms with Gasteiger partial charge in [-0.3, -0.25) is 0 Å². The summed E-state index contributed by atoms with van der Waals surface area (Å²) < 4.78 is 18.5. The zero-order valence-electron chi connectivity index (χ0n) is 8.72. The van der Waals surface area contributed by atoms with Crippen LogP contribution < -0.4 is 21.7 Å². The summed E-state index contributed by atoms with van der Waals surface area (Å²) in [4.78, 5) is 7.57. The van der Waals surface area contributed by atoms with Crippen molar-refractivity contribution in [3.8, 4) is 11.6 Å². The molecule has 0 amide bonds. The number of anilines is 2. The Hall–Kier alpha value is -2.41. The Morgan fingerprint density at radius 2 is 2.00 bits per heavy atom. The molecule has 2 aromatic rings. The number of aromatic nitrogens is 2. The van der Waals surface area contributed by atoms with Gasteiger partial charge in [-0.15, -0.1) is 0 Å². The molecule has 5 N–H and O–H groups in total. The van der Waals surface area contributed by atoms with Crippen LogP contribution in [0.3, 0.4) is 0 Å². The molecular formula is C10H10FN5O. The maximum Gasteiger partial charge on any atom is 0.226 e. The molecule has 1 heterocycles. The first-order valence-electron chi connectivity index (χ1n) is 4.72. The van der Waals surface area contributed by atoms with E-state index < -0.39 is 5.82 Å². The molecule has 6 nitrogen and oxygen atoms in total. The van der Waals surface area contributed by atoms with E-state index in [-0.39, 0.29) is 23.4 Å². The Balaban J connectivity index is 2.30. The molecule has 1 aromatic carbocycles. The van der Waals surface area contributed by atoms with Crippen molar-refractivity contribution in [1.82, 2.24) is 9.97 Å². The number of nitrogens with zero attached hydrogens (tertiary/aromatic N) is 2. The van der Waals surface area contributed by atoms with Crippen molar-refractivity contribution in [2.24, 2.45) is 5.84 Å². The highest BCUT2D eigenvalue weighted by Gasteiger charge is 2.07. The second-order valence-corrected chi connectivity index (χ2v) is 3.13. The molecule has 0 unspecified atom stereocenters. The molecule has 0 bridgehead atoms. The van der Waals surface area contributed by atoms with E-state index in [2.05, 4.69) is 15.4 Å². The summed E-state index contributed by atoms with van der Waals surface area (Å²) in [6, 6.07) is 7.36. The number of hydrogen-bond acceptors (Lipinski definition) is 6. The van der Waals surface area contributed by atoms with Crippen LogP contribution in [0.4, 0.5) is 16.2 Å². The van der Waals surface area contributed by atoms with Crippen LogP contribution in [0, 0.1) is 5.82 Å². The van der Waals surface area contributed by atoms with Gasteiger partial charge in [0.1, 0.15) is 5.82 Å². The fourth-order valence-electron chi connectivity index (χ4n) is 1.21. The molecule has 0 atom stereocenters. The highest BCUT2D eigenvalue weighted by molar-refractivity contribution is 5.43. The summed E-state index contributed by atoms with van der Waals surface area (Å²) in [5, 5.41) is 0. The monoisotopic (exact) mass is 235 g/mol. The number of nitrogens with one attached hydrogen (secondary N) is 1. The Morgan fingerprint density at radius 3 is 2.71 bits per heavy atom. The molecule has 0 fully saturated rings. The van der Waals surface area contributed by atoms with E-state index in [0.29, 0.717) is 0 Å². The van der Waals surface area contributed by atoms with Crippen molar-refractivity contribution in [3.05, 3.63) is 36.1 Å². The largest absolute Gasteiger partial charge is 0.436 e. The summed E-state index contributed by atoms with van der Waals surface area (Å²) in [7, 11) is 0. The number of rotatable bonds is 3. The Bertz CT molecular complexity index is 534. The van der Waals surface area contributed by atoms with Crippen LogP contribution in [0.25, 0.3) is 0 Å². The van der Waals surface area contributed by atoms with Gasteiger partial charge in [-0.25, -0.2) is 10.2 Å². The molecule has 0 radical (unpaired) electrons. The lowest BCUT2D eigenvalue weighted by molar-refractivity contribution is 0.427. The molecule has 0 saturated heterocycles. The molecule has 0 aliphatic heterocycles. The molecule has 17 heavy (non-hydrogen) atoms. The quantitative estimate of drug-likeness (QED) is 0.547. The van der Waals surface area contributed by atoms with E-state index in [4.69, 9.17) is 16.3 Å². The third-order valence-corrected chi connectivity index (χ3v) is 1.92. The second kappa shape index (κ2) is 4.62. The van der Waals surface area contributed by atoms with Crippen molar-refractivity contribution in [3.63, 3.8) is 0 Å². The van der Waals surface area contributed by atoms with Crippen molar-refractivity contribution in [2.45, 2.75) is 0 Å². The predicted octanol–water partition coefficient (Wildman–Crippen LogP) is 1.28.